The molecule has 2 aliphatic rings. The Morgan fingerprint density at radius 1 is 1.07 bits per heavy atom. The number of halogens is 3. The Labute approximate surface area is 232 Å². The second kappa shape index (κ2) is 11.4. The monoisotopic (exact) mass is 552 g/mol. The first-order valence-electron chi connectivity index (χ1n) is 13.9. The summed E-state index contributed by atoms with van der Waals surface area (Å²) in [6, 6.07) is 11.5. The van der Waals surface area contributed by atoms with Crippen LogP contribution in [0, 0.1) is 11.3 Å². The Balaban J connectivity index is 1.28. The fourth-order valence-corrected chi connectivity index (χ4v) is 6.34. The van der Waals surface area contributed by atoms with Crippen LogP contribution in [0.2, 0.25) is 0 Å². The van der Waals surface area contributed by atoms with Crippen molar-refractivity contribution >= 4 is 17.4 Å². The lowest BCUT2D eigenvalue weighted by atomic mass is 9.70. The molecule has 1 saturated carbocycles. The smallest absolute Gasteiger partial charge is 0.368 e. The first-order chi connectivity index (χ1) is 19.1. The number of amides is 1. The average Bonchev–Trinajstić information content (AvgIpc) is 2.94. The molecule has 0 spiro atoms. The van der Waals surface area contributed by atoms with Crippen LogP contribution < -0.4 is 16.0 Å². The van der Waals surface area contributed by atoms with E-state index in [4.69, 9.17) is 5.73 Å². The van der Waals surface area contributed by atoms with Gasteiger partial charge in [-0.05, 0) is 78.8 Å². The Hall–Kier alpha value is -3.69. The van der Waals surface area contributed by atoms with Gasteiger partial charge in [0.2, 0.25) is 11.7 Å². The number of hydrogen-bond acceptors (Lipinski definition) is 6. The summed E-state index contributed by atoms with van der Waals surface area (Å²) in [7, 11) is 0. The number of nitrogens with zero attached hydrogens (tertiary/aromatic N) is 4. The van der Waals surface area contributed by atoms with Gasteiger partial charge in [0.25, 0.3) is 0 Å². The minimum atomic E-state index is -4.54. The van der Waals surface area contributed by atoms with Crippen molar-refractivity contribution in [2.24, 2.45) is 17.1 Å². The van der Waals surface area contributed by atoms with E-state index in [9.17, 15) is 18.0 Å². The second-order valence-electron chi connectivity index (χ2n) is 11.5. The molecule has 3 atom stereocenters. The molecule has 5 rings (SSSR count). The fourth-order valence-electron chi connectivity index (χ4n) is 6.34. The molecule has 10 heteroatoms. The lowest BCUT2D eigenvalue weighted by Gasteiger charge is -2.45. The molecule has 3 aromatic rings. The number of aromatic nitrogens is 3. The first kappa shape index (κ1) is 27.9. The van der Waals surface area contributed by atoms with E-state index >= 15 is 0 Å². The van der Waals surface area contributed by atoms with E-state index in [1.165, 1.54) is 18.8 Å². The molecule has 3 heterocycles. The maximum Gasteiger partial charge on any atom is 0.451 e. The molecule has 2 aromatic heterocycles. The van der Waals surface area contributed by atoms with Crippen LogP contribution in [-0.2, 0) is 6.18 Å². The van der Waals surface area contributed by atoms with E-state index in [0.717, 1.165) is 68.6 Å². The maximum absolute atomic E-state index is 12.9. The number of pyridine rings is 1. The zero-order valence-electron chi connectivity index (χ0n) is 22.6. The Bertz CT molecular complexity index is 1330. The number of piperidine rings is 1. The zero-order valence-corrected chi connectivity index (χ0v) is 22.6. The minimum absolute atomic E-state index is 0.0212. The normalized spacial score (nSPS) is 23.6. The lowest BCUT2D eigenvalue weighted by Crippen LogP contribution is -2.45. The lowest BCUT2D eigenvalue weighted by molar-refractivity contribution is -0.145. The Kier molecular flexibility index (Phi) is 7.96. The van der Waals surface area contributed by atoms with Crippen molar-refractivity contribution in [3.05, 3.63) is 66.4 Å². The molecule has 1 saturated heterocycles. The number of nitrogens with one attached hydrogen (secondary N) is 1. The van der Waals surface area contributed by atoms with Crippen LogP contribution in [-0.4, -0.2) is 40.0 Å². The van der Waals surface area contributed by atoms with Crippen molar-refractivity contribution in [2.45, 2.75) is 64.1 Å². The van der Waals surface area contributed by atoms with Gasteiger partial charge in [-0.3, -0.25) is 4.79 Å². The van der Waals surface area contributed by atoms with Gasteiger partial charge in [0.1, 0.15) is 5.82 Å². The summed E-state index contributed by atoms with van der Waals surface area (Å²) in [4.78, 5) is 25.5. The Morgan fingerprint density at radius 2 is 1.82 bits per heavy atom. The number of anilines is 2. The predicted octanol–water partition coefficient (Wildman–Crippen LogP) is 6.32. The number of rotatable bonds is 7. The van der Waals surface area contributed by atoms with Crippen molar-refractivity contribution in [1.29, 1.82) is 0 Å². The largest absolute Gasteiger partial charge is 0.451 e. The van der Waals surface area contributed by atoms with Gasteiger partial charge in [0.15, 0.2) is 0 Å². The van der Waals surface area contributed by atoms with E-state index in [1.807, 2.05) is 24.3 Å². The van der Waals surface area contributed by atoms with Gasteiger partial charge < -0.3 is 16.0 Å². The van der Waals surface area contributed by atoms with Gasteiger partial charge in [-0.15, -0.1) is 0 Å². The number of benzene rings is 1. The molecule has 0 bridgehead atoms. The summed E-state index contributed by atoms with van der Waals surface area (Å²) in [6.45, 7) is 3.83. The second-order valence-corrected chi connectivity index (χ2v) is 11.5. The summed E-state index contributed by atoms with van der Waals surface area (Å²) in [6.07, 6.45) is 7.39. The summed E-state index contributed by atoms with van der Waals surface area (Å²) in [5.74, 6) is -0.312. The number of nitrogens with two attached hydrogens (primary N) is 1. The molecule has 1 aliphatic carbocycles. The third-order valence-electron chi connectivity index (χ3n) is 8.28. The van der Waals surface area contributed by atoms with Gasteiger partial charge >= 0.3 is 6.18 Å². The fraction of sp³-hybridized carbons (Fsp3) is 0.467. The topological polar surface area (TPSA) is 97.0 Å². The average molecular weight is 553 g/mol. The van der Waals surface area contributed by atoms with Crippen molar-refractivity contribution in [1.82, 2.24) is 15.0 Å². The summed E-state index contributed by atoms with van der Waals surface area (Å²) in [5.41, 5.74) is 8.46. The van der Waals surface area contributed by atoms with Crippen molar-refractivity contribution < 1.29 is 18.0 Å². The molecule has 3 N–H and O–H groups in total. The number of carbonyl (C=O) groups excluding carboxylic acids is 1. The van der Waals surface area contributed by atoms with E-state index in [-0.39, 0.29) is 11.5 Å². The van der Waals surface area contributed by atoms with Crippen LogP contribution in [0.4, 0.5) is 24.7 Å². The molecule has 1 aromatic carbocycles. The Morgan fingerprint density at radius 3 is 2.58 bits per heavy atom. The van der Waals surface area contributed by atoms with Gasteiger partial charge in [-0.2, -0.15) is 13.2 Å². The van der Waals surface area contributed by atoms with E-state index in [1.54, 1.807) is 18.3 Å². The maximum atomic E-state index is 12.9. The third-order valence-corrected chi connectivity index (χ3v) is 8.28. The van der Waals surface area contributed by atoms with E-state index < -0.39 is 17.9 Å². The zero-order chi connectivity index (χ0) is 28.3. The molecule has 40 heavy (non-hydrogen) atoms. The van der Waals surface area contributed by atoms with Crippen LogP contribution in [0.25, 0.3) is 11.1 Å². The van der Waals surface area contributed by atoms with Crippen LogP contribution >= 0.6 is 0 Å². The number of hydrogen-bond donors (Lipinski definition) is 2. The molecular weight excluding hydrogens is 517 g/mol. The van der Waals surface area contributed by atoms with Crippen LogP contribution in [0.3, 0.4) is 0 Å². The van der Waals surface area contributed by atoms with Gasteiger partial charge in [-0.25, -0.2) is 15.0 Å². The third kappa shape index (κ3) is 6.54. The highest BCUT2D eigenvalue weighted by Gasteiger charge is 2.38. The van der Waals surface area contributed by atoms with Gasteiger partial charge in [0.05, 0.1) is 18.1 Å². The van der Waals surface area contributed by atoms with Crippen molar-refractivity contribution in [2.75, 3.05) is 23.3 Å². The van der Waals surface area contributed by atoms with E-state index in [2.05, 4.69) is 32.1 Å². The standard InChI is InChI=1S/C30H35F3N6O/c1-29(11-5-13-39(19-29)24-17-36-28(37-18-24)30(31,32)33)16-23-6-2-3-9-25(23)38-26-15-21(10-12-35-26)20-7-4-8-22(14-20)27(34)40/h4,7-8,10,12,14-15,17-18,23,25H,2-3,5-6,9,11,13,16,19H2,1H3,(H2,34,40)(H,35,38)/t23-,25+,29-/m1/s1. The quantitative estimate of drug-likeness (QED) is 0.356. The number of carbonyl (C=O) groups is 1. The van der Waals surface area contributed by atoms with Crippen molar-refractivity contribution in [3.63, 3.8) is 0 Å². The summed E-state index contributed by atoms with van der Waals surface area (Å²) < 4.78 is 38.8. The highest BCUT2D eigenvalue weighted by molar-refractivity contribution is 5.94. The SMILES string of the molecule is C[C@]1(C[C@H]2CCCC[C@@H]2Nc2cc(-c3cccc(C(N)=O)c3)ccn2)CCCN(c2cnc(C(F)(F)F)nc2)C1. The highest BCUT2D eigenvalue weighted by atomic mass is 19.4. The molecule has 212 valence electrons. The van der Waals surface area contributed by atoms with Crippen LogP contribution in [0.5, 0.6) is 0 Å². The molecule has 1 amide bonds. The molecule has 7 nitrogen and oxygen atoms in total. The van der Waals surface area contributed by atoms with Gasteiger partial charge in [0, 0.05) is 30.9 Å². The predicted molar refractivity (Wildman–Crippen MR) is 149 cm³/mol. The minimum Gasteiger partial charge on any atom is -0.368 e. The summed E-state index contributed by atoms with van der Waals surface area (Å²) in [5, 5.41) is 3.71. The molecule has 0 unspecified atom stereocenters. The summed E-state index contributed by atoms with van der Waals surface area (Å²) >= 11 is 0. The number of alkyl halides is 3. The number of primary amides is 1. The molecule has 2 fully saturated rings. The van der Waals surface area contributed by atoms with Crippen LogP contribution in [0.1, 0.15) is 68.1 Å². The highest BCUT2D eigenvalue weighted by Crippen LogP contribution is 2.42. The van der Waals surface area contributed by atoms with Crippen molar-refractivity contribution in [3.8, 4) is 11.1 Å². The van der Waals surface area contributed by atoms with Gasteiger partial charge in [-0.1, -0.05) is 31.9 Å². The first-order valence-corrected chi connectivity index (χ1v) is 13.9. The molecule has 1 aliphatic heterocycles. The molecular formula is C30H35F3N6O. The van der Waals surface area contributed by atoms with Crippen LogP contribution in [0.15, 0.2) is 55.0 Å². The van der Waals surface area contributed by atoms with E-state index in [0.29, 0.717) is 17.2 Å². The molecule has 0 radical (unpaired) electrons.